The van der Waals surface area contributed by atoms with Crippen LogP contribution in [0.25, 0.3) is 0 Å². The molecule has 3 aromatic rings. The summed E-state index contributed by atoms with van der Waals surface area (Å²) in [5.74, 6) is -2.05. The molecule has 0 aliphatic carbocycles. The summed E-state index contributed by atoms with van der Waals surface area (Å²) in [5.41, 5.74) is 1.29. The number of amides is 2. The van der Waals surface area contributed by atoms with Gasteiger partial charge in [0.1, 0.15) is 23.1 Å². The van der Waals surface area contributed by atoms with E-state index in [1.165, 1.54) is 18.2 Å². The Morgan fingerprint density at radius 1 is 1.00 bits per heavy atom. The van der Waals surface area contributed by atoms with Crippen LogP contribution in [0.3, 0.4) is 0 Å². The average molecular weight is 554 g/mol. The Labute approximate surface area is 231 Å². The van der Waals surface area contributed by atoms with Crippen molar-refractivity contribution in [3.8, 4) is 11.5 Å². The van der Waals surface area contributed by atoms with Crippen LogP contribution in [0.15, 0.2) is 60.7 Å². The normalized spacial score (nSPS) is 14.6. The molecule has 2 atom stereocenters. The van der Waals surface area contributed by atoms with E-state index in [9.17, 15) is 28.6 Å². The lowest BCUT2D eigenvalue weighted by atomic mass is 9.99. The maximum atomic E-state index is 13.9. The van der Waals surface area contributed by atoms with Gasteiger partial charge in [0.2, 0.25) is 0 Å². The number of hydrogen-bond donors (Lipinski definition) is 4. The number of hydrogen-bond acceptors (Lipinski definition) is 6. The molecule has 0 radical (unpaired) electrons. The number of methoxy groups -OCH3 is 1. The van der Waals surface area contributed by atoms with Gasteiger partial charge >= 0.3 is 0 Å². The van der Waals surface area contributed by atoms with Crippen molar-refractivity contribution in [3.63, 3.8) is 0 Å². The van der Waals surface area contributed by atoms with Gasteiger partial charge in [0.15, 0.2) is 0 Å². The average Bonchev–Trinajstić information content (AvgIpc) is 3.47. The number of ether oxygens (including phenoxy) is 1. The van der Waals surface area contributed by atoms with Crippen LogP contribution in [-0.4, -0.2) is 65.8 Å². The van der Waals surface area contributed by atoms with Gasteiger partial charge in [0.05, 0.1) is 24.8 Å². The molecule has 4 rings (SSSR count). The molecule has 8 nitrogen and oxygen atoms in total. The minimum atomic E-state index is -1.14. The largest absolute Gasteiger partial charge is 0.507 e. The predicted molar refractivity (Wildman–Crippen MR) is 145 cm³/mol. The van der Waals surface area contributed by atoms with Crippen molar-refractivity contribution in [2.45, 2.75) is 38.0 Å². The van der Waals surface area contributed by atoms with Crippen molar-refractivity contribution in [1.29, 1.82) is 0 Å². The van der Waals surface area contributed by atoms with E-state index >= 15 is 0 Å². The van der Waals surface area contributed by atoms with E-state index in [0.29, 0.717) is 25.4 Å². The maximum Gasteiger partial charge on any atom is 0.257 e. The summed E-state index contributed by atoms with van der Waals surface area (Å²) in [6, 6.07) is 13.5. The molecule has 1 aliphatic rings. The highest BCUT2D eigenvalue weighted by molar-refractivity contribution is 6.01. The van der Waals surface area contributed by atoms with Crippen molar-refractivity contribution in [1.82, 2.24) is 15.5 Å². The number of likely N-dealkylation sites (tertiary alicyclic amines) is 1. The van der Waals surface area contributed by atoms with Crippen LogP contribution >= 0.6 is 0 Å². The highest BCUT2D eigenvalue weighted by Crippen LogP contribution is 2.23. The van der Waals surface area contributed by atoms with Crippen molar-refractivity contribution < 1.29 is 33.3 Å². The zero-order valence-corrected chi connectivity index (χ0v) is 22.2. The highest BCUT2D eigenvalue weighted by atomic mass is 19.1. The van der Waals surface area contributed by atoms with Gasteiger partial charge in [-0.3, -0.25) is 9.59 Å². The van der Waals surface area contributed by atoms with Gasteiger partial charge in [-0.05, 0) is 72.9 Å². The summed E-state index contributed by atoms with van der Waals surface area (Å²) < 4.78 is 33.0. The molecule has 2 amide bonds. The van der Waals surface area contributed by atoms with Crippen LogP contribution < -0.4 is 15.4 Å². The number of carbonyl (C=O) groups is 2. The van der Waals surface area contributed by atoms with Gasteiger partial charge in [0.25, 0.3) is 11.8 Å². The van der Waals surface area contributed by atoms with E-state index in [2.05, 4.69) is 10.6 Å². The fraction of sp³-hybridized carbons (Fsp3) is 0.333. The number of aliphatic hydroxyl groups is 1. The summed E-state index contributed by atoms with van der Waals surface area (Å²) in [6.07, 6.45) is 0.557. The highest BCUT2D eigenvalue weighted by Gasteiger charge is 2.26. The molecule has 1 fully saturated rings. The van der Waals surface area contributed by atoms with Gasteiger partial charge in [-0.25, -0.2) is 8.78 Å². The van der Waals surface area contributed by atoms with E-state index in [4.69, 9.17) is 4.74 Å². The van der Waals surface area contributed by atoms with E-state index in [0.717, 1.165) is 36.6 Å². The molecular weight excluding hydrogens is 520 g/mol. The second-order valence-electron chi connectivity index (χ2n) is 9.84. The van der Waals surface area contributed by atoms with Crippen LogP contribution in [0, 0.1) is 11.6 Å². The Balaban J connectivity index is 1.49. The third-order valence-electron chi connectivity index (χ3n) is 6.86. The zero-order chi connectivity index (χ0) is 28.6. The maximum absolute atomic E-state index is 13.9. The smallest absolute Gasteiger partial charge is 0.257 e. The number of benzene rings is 3. The van der Waals surface area contributed by atoms with E-state index < -0.39 is 29.7 Å². The Morgan fingerprint density at radius 3 is 2.42 bits per heavy atom. The third kappa shape index (κ3) is 7.55. The first kappa shape index (κ1) is 29.0. The summed E-state index contributed by atoms with van der Waals surface area (Å²) in [4.78, 5) is 27.7. The van der Waals surface area contributed by atoms with Crippen molar-refractivity contribution >= 4 is 11.8 Å². The number of phenolic OH excluding ortho intramolecular Hbond substituents is 1. The lowest BCUT2D eigenvalue weighted by molar-refractivity contribution is 0.0789. The van der Waals surface area contributed by atoms with Gasteiger partial charge in [0, 0.05) is 37.8 Å². The lowest BCUT2D eigenvalue weighted by Gasteiger charge is -2.25. The molecule has 10 heteroatoms. The molecule has 1 aliphatic heterocycles. The standard InChI is InChI=1S/C30H33F2N3O5/c1-40-24-6-4-5-19(13-24)17-33-18-28(37)26(14-20-11-22(31)16-23(32)12-20)34-29(38)21-7-8-27(36)25(15-21)30(39)35-9-2-3-10-35/h4-8,11-13,15-16,26,28,33,36-37H,2-3,9-10,14,17-18H2,1H3,(H,34,38). The molecule has 0 spiro atoms. The molecule has 0 saturated carbocycles. The molecule has 3 aromatic carbocycles. The van der Waals surface area contributed by atoms with Crippen LogP contribution in [-0.2, 0) is 13.0 Å². The number of carbonyl (C=O) groups excluding carboxylic acids is 2. The number of rotatable bonds is 11. The van der Waals surface area contributed by atoms with Crippen molar-refractivity contribution in [2.75, 3.05) is 26.7 Å². The molecule has 4 N–H and O–H groups in total. The van der Waals surface area contributed by atoms with Crippen LogP contribution in [0.5, 0.6) is 11.5 Å². The quantitative estimate of drug-likeness (QED) is 0.290. The SMILES string of the molecule is COc1cccc(CNCC(O)C(Cc2cc(F)cc(F)c2)NC(=O)c2ccc(O)c(C(=O)N3CCCC3)c2)c1. The second kappa shape index (κ2) is 13.4. The molecule has 0 aromatic heterocycles. The second-order valence-corrected chi connectivity index (χ2v) is 9.84. The first-order valence-electron chi connectivity index (χ1n) is 13.1. The number of phenols is 1. The van der Waals surface area contributed by atoms with E-state index in [-0.39, 0.29) is 41.3 Å². The zero-order valence-electron chi connectivity index (χ0n) is 22.2. The van der Waals surface area contributed by atoms with Gasteiger partial charge in [-0.2, -0.15) is 0 Å². The molecule has 40 heavy (non-hydrogen) atoms. The van der Waals surface area contributed by atoms with Crippen LogP contribution in [0.1, 0.15) is 44.7 Å². The van der Waals surface area contributed by atoms with Crippen molar-refractivity contribution in [3.05, 3.63) is 94.6 Å². The summed E-state index contributed by atoms with van der Waals surface area (Å²) in [5, 5.41) is 27.2. The Kier molecular flexibility index (Phi) is 9.68. The predicted octanol–water partition coefficient (Wildman–Crippen LogP) is 3.41. The summed E-state index contributed by atoms with van der Waals surface area (Å²) in [7, 11) is 1.57. The number of halogens is 2. The Bertz CT molecular complexity index is 1330. The van der Waals surface area contributed by atoms with Crippen molar-refractivity contribution in [2.24, 2.45) is 0 Å². The molecule has 2 unspecified atom stereocenters. The number of aliphatic hydroxyl groups excluding tert-OH is 1. The minimum absolute atomic E-state index is 0.0128. The number of nitrogens with zero attached hydrogens (tertiary/aromatic N) is 1. The first-order valence-corrected chi connectivity index (χ1v) is 13.1. The van der Waals surface area contributed by atoms with Gasteiger partial charge in [-0.15, -0.1) is 0 Å². The van der Waals surface area contributed by atoms with Gasteiger partial charge in [-0.1, -0.05) is 12.1 Å². The molecule has 212 valence electrons. The van der Waals surface area contributed by atoms with E-state index in [1.54, 1.807) is 12.0 Å². The summed E-state index contributed by atoms with van der Waals surface area (Å²) in [6.45, 7) is 1.63. The Hall–Kier alpha value is -4.02. The molecular formula is C30H33F2N3O5. The van der Waals surface area contributed by atoms with Gasteiger partial charge < -0.3 is 30.5 Å². The van der Waals surface area contributed by atoms with Crippen LogP contribution in [0.2, 0.25) is 0 Å². The minimum Gasteiger partial charge on any atom is -0.507 e. The first-order chi connectivity index (χ1) is 19.2. The van der Waals surface area contributed by atoms with Crippen LogP contribution in [0.4, 0.5) is 8.78 Å². The topological polar surface area (TPSA) is 111 Å². The Morgan fingerprint density at radius 2 is 1.73 bits per heavy atom. The fourth-order valence-electron chi connectivity index (χ4n) is 4.75. The lowest BCUT2D eigenvalue weighted by Crippen LogP contribution is -2.48. The molecule has 1 heterocycles. The number of aromatic hydroxyl groups is 1. The monoisotopic (exact) mass is 553 g/mol. The third-order valence-corrected chi connectivity index (χ3v) is 6.86. The van der Waals surface area contributed by atoms with E-state index in [1.807, 2.05) is 24.3 Å². The fourth-order valence-corrected chi connectivity index (χ4v) is 4.75. The molecule has 0 bridgehead atoms. The summed E-state index contributed by atoms with van der Waals surface area (Å²) >= 11 is 0. The number of nitrogens with one attached hydrogen (secondary N) is 2. The molecule has 1 saturated heterocycles.